The number of nitro benzene ring substituents is 1. The van der Waals surface area contributed by atoms with E-state index in [-0.39, 0.29) is 12.3 Å². The number of nitriles is 1. The highest BCUT2D eigenvalue weighted by atomic mass is 16.6. The van der Waals surface area contributed by atoms with E-state index in [1.54, 1.807) is 36.4 Å². The monoisotopic (exact) mass is 348 g/mol. The molecule has 0 aliphatic heterocycles. The SMILES string of the molecule is C#CCOc1ccc(/C=C(\C#N)c2ccc([N+](=O)[O-])cc2)cc1OCC. The van der Waals surface area contributed by atoms with E-state index in [4.69, 9.17) is 15.9 Å². The lowest BCUT2D eigenvalue weighted by atomic mass is 10.0. The third kappa shape index (κ3) is 4.62. The molecule has 0 radical (unpaired) electrons. The van der Waals surface area contributed by atoms with Crippen LogP contribution in [0, 0.1) is 33.8 Å². The summed E-state index contributed by atoms with van der Waals surface area (Å²) in [5.41, 5.74) is 1.67. The number of ether oxygens (including phenoxy) is 2. The van der Waals surface area contributed by atoms with Crippen molar-refractivity contribution in [3.8, 4) is 29.9 Å². The van der Waals surface area contributed by atoms with Gasteiger partial charge in [-0.05, 0) is 48.4 Å². The summed E-state index contributed by atoms with van der Waals surface area (Å²) in [6.07, 6.45) is 6.88. The van der Waals surface area contributed by atoms with Crippen LogP contribution in [0.25, 0.3) is 11.6 Å². The van der Waals surface area contributed by atoms with Gasteiger partial charge in [-0.15, -0.1) is 6.42 Å². The third-order valence-electron chi connectivity index (χ3n) is 3.40. The van der Waals surface area contributed by atoms with Crippen molar-refractivity contribution in [1.29, 1.82) is 5.26 Å². The molecule has 6 nitrogen and oxygen atoms in total. The van der Waals surface area contributed by atoms with Crippen LogP contribution in [0.3, 0.4) is 0 Å². The summed E-state index contributed by atoms with van der Waals surface area (Å²) in [5.74, 6) is 3.44. The van der Waals surface area contributed by atoms with Gasteiger partial charge in [-0.25, -0.2) is 0 Å². The molecule has 2 aromatic rings. The average molecular weight is 348 g/mol. The third-order valence-corrected chi connectivity index (χ3v) is 3.40. The predicted molar refractivity (Wildman–Crippen MR) is 98.5 cm³/mol. The van der Waals surface area contributed by atoms with Crippen molar-refractivity contribution in [3.63, 3.8) is 0 Å². The molecule has 130 valence electrons. The van der Waals surface area contributed by atoms with Crippen LogP contribution in [0.1, 0.15) is 18.1 Å². The van der Waals surface area contributed by atoms with Crippen molar-refractivity contribution in [2.45, 2.75) is 6.92 Å². The Balaban J connectivity index is 2.36. The van der Waals surface area contributed by atoms with Crippen molar-refractivity contribution < 1.29 is 14.4 Å². The molecule has 0 aliphatic carbocycles. The minimum atomic E-state index is -0.483. The molecule has 6 heteroatoms. The zero-order chi connectivity index (χ0) is 18.9. The molecular formula is C20H16N2O4. The molecule has 0 atom stereocenters. The van der Waals surface area contributed by atoms with Gasteiger partial charge in [0.05, 0.1) is 23.2 Å². The Labute approximate surface area is 151 Å². The van der Waals surface area contributed by atoms with Crippen LogP contribution >= 0.6 is 0 Å². The summed E-state index contributed by atoms with van der Waals surface area (Å²) in [7, 11) is 0. The smallest absolute Gasteiger partial charge is 0.269 e. The summed E-state index contributed by atoms with van der Waals surface area (Å²) < 4.78 is 11.0. The summed E-state index contributed by atoms with van der Waals surface area (Å²) in [6, 6.07) is 13.2. The second kappa shape index (κ2) is 8.91. The fourth-order valence-electron chi connectivity index (χ4n) is 2.23. The Kier molecular flexibility index (Phi) is 6.36. The van der Waals surface area contributed by atoms with Crippen molar-refractivity contribution in [1.82, 2.24) is 0 Å². The zero-order valence-electron chi connectivity index (χ0n) is 14.1. The Morgan fingerprint density at radius 3 is 2.54 bits per heavy atom. The minimum absolute atomic E-state index is 0.0281. The molecule has 0 aliphatic rings. The number of terminal acetylenes is 1. The highest BCUT2D eigenvalue weighted by Crippen LogP contribution is 2.30. The lowest BCUT2D eigenvalue weighted by molar-refractivity contribution is -0.384. The Morgan fingerprint density at radius 2 is 1.96 bits per heavy atom. The lowest BCUT2D eigenvalue weighted by Crippen LogP contribution is -1.99. The Bertz CT molecular complexity index is 903. The molecule has 2 rings (SSSR count). The maximum atomic E-state index is 10.7. The number of rotatable bonds is 7. The van der Waals surface area contributed by atoms with Gasteiger partial charge in [-0.1, -0.05) is 12.0 Å². The van der Waals surface area contributed by atoms with Crippen molar-refractivity contribution in [2.75, 3.05) is 13.2 Å². The van der Waals surface area contributed by atoms with Gasteiger partial charge < -0.3 is 9.47 Å². The van der Waals surface area contributed by atoms with E-state index in [0.29, 0.717) is 29.2 Å². The van der Waals surface area contributed by atoms with Gasteiger partial charge in [0.25, 0.3) is 5.69 Å². The number of benzene rings is 2. The van der Waals surface area contributed by atoms with Crippen LogP contribution in [-0.4, -0.2) is 18.1 Å². The predicted octanol–water partition coefficient (Wildman–Crippen LogP) is 4.07. The number of nitro groups is 1. The van der Waals surface area contributed by atoms with Gasteiger partial charge in [0, 0.05) is 12.1 Å². The maximum Gasteiger partial charge on any atom is 0.269 e. The van der Waals surface area contributed by atoms with Crippen molar-refractivity contribution in [2.24, 2.45) is 0 Å². The van der Waals surface area contributed by atoms with Gasteiger partial charge in [0.2, 0.25) is 0 Å². The quantitative estimate of drug-likeness (QED) is 0.247. The van der Waals surface area contributed by atoms with E-state index in [1.165, 1.54) is 12.1 Å². The first-order chi connectivity index (χ1) is 12.6. The molecule has 0 aromatic heterocycles. The summed E-state index contributed by atoms with van der Waals surface area (Å²) in [5, 5.41) is 20.2. The topological polar surface area (TPSA) is 85.4 Å². The molecule has 26 heavy (non-hydrogen) atoms. The molecule has 0 heterocycles. The summed E-state index contributed by atoms with van der Waals surface area (Å²) in [4.78, 5) is 10.3. The average Bonchev–Trinajstić information content (AvgIpc) is 2.65. The van der Waals surface area contributed by atoms with E-state index in [1.807, 2.05) is 6.92 Å². The van der Waals surface area contributed by atoms with Crippen molar-refractivity contribution in [3.05, 3.63) is 63.7 Å². The Hall–Kier alpha value is -3.77. The largest absolute Gasteiger partial charge is 0.490 e. The van der Waals surface area contributed by atoms with E-state index >= 15 is 0 Å². The molecule has 0 unspecified atom stereocenters. The molecule has 2 aromatic carbocycles. The number of hydrogen-bond donors (Lipinski definition) is 0. The number of non-ortho nitro benzene ring substituents is 1. The first kappa shape index (κ1) is 18.6. The van der Waals surface area contributed by atoms with Gasteiger partial charge in [0.15, 0.2) is 11.5 Å². The molecule has 0 saturated heterocycles. The minimum Gasteiger partial charge on any atom is -0.490 e. The van der Waals surface area contributed by atoms with Crippen LogP contribution < -0.4 is 9.47 Å². The second-order valence-corrected chi connectivity index (χ2v) is 5.11. The van der Waals surface area contributed by atoms with E-state index in [2.05, 4.69) is 12.0 Å². The molecule has 0 bridgehead atoms. The van der Waals surface area contributed by atoms with E-state index in [9.17, 15) is 15.4 Å². The van der Waals surface area contributed by atoms with E-state index in [0.717, 1.165) is 5.56 Å². The standard InChI is InChI=1S/C20H16N2O4/c1-3-11-26-19-10-5-15(13-20(19)25-4-2)12-17(14-21)16-6-8-18(9-7-16)22(23)24/h1,5-10,12-13H,4,11H2,2H3/b17-12+. The molecule has 0 saturated carbocycles. The zero-order valence-corrected chi connectivity index (χ0v) is 14.1. The summed E-state index contributed by atoms with van der Waals surface area (Å²) >= 11 is 0. The molecule has 0 amide bonds. The summed E-state index contributed by atoms with van der Waals surface area (Å²) in [6.45, 7) is 2.43. The normalized spacial score (nSPS) is 10.5. The van der Waals surface area contributed by atoms with Gasteiger partial charge in [-0.2, -0.15) is 5.26 Å². The first-order valence-corrected chi connectivity index (χ1v) is 7.78. The molecule has 0 N–H and O–H groups in total. The molecule has 0 fully saturated rings. The Morgan fingerprint density at radius 1 is 1.23 bits per heavy atom. The van der Waals surface area contributed by atoms with E-state index < -0.39 is 4.92 Å². The maximum absolute atomic E-state index is 10.7. The fraction of sp³-hybridized carbons (Fsp3) is 0.150. The first-order valence-electron chi connectivity index (χ1n) is 7.78. The highest BCUT2D eigenvalue weighted by molar-refractivity contribution is 5.90. The fourth-order valence-corrected chi connectivity index (χ4v) is 2.23. The van der Waals surface area contributed by atoms with Crippen LogP contribution in [-0.2, 0) is 0 Å². The van der Waals surface area contributed by atoms with Crippen LogP contribution in [0.5, 0.6) is 11.5 Å². The van der Waals surface area contributed by atoms with Crippen molar-refractivity contribution >= 4 is 17.3 Å². The van der Waals surface area contributed by atoms with Gasteiger partial charge in [-0.3, -0.25) is 10.1 Å². The van der Waals surface area contributed by atoms with Gasteiger partial charge in [0.1, 0.15) is 6.61 Å². The van der Waals surface area contributed by atoms with Crippen LogP contribution in [0.15, 0.2) is 42.5 Å². The molecule has 0 spiro atoms. The highest BCUT2D eigenvalue weighted by Gasteiger charge is 2.09. The number of allylic oxidation sites excluding steroid dienone is 1. The second-order valence-electron chi connectivity index (χ2n) is 5.11. The molecular weight excluding hydrogens is 332 g/mol. The number of nitrogens with zero attached hydrogens (tertiary/aromatic N) is 2. The van der Waals surface area contributed by atoms with Gasteiger partial charge >= 0.3 is 0 Å². The lowest BCUT2D eigenvalue weighted by Gasteiger charge is -2.11. The van der Waals surface area contributed by atoms with Crippen LogP contribution in [0.2, 0.25) is 0 Å². The number of hydrogen-bond acceptors (Lipinski definition) is 5. The van der Waals surface area contributed by atoms with Crippen LogP contribution in [0.4, 0.5) is 5.69 Å².